The van der Waals surface area contributed by atoms with Crippen LogP contribution in [-0.4, -0.2) is 34.3 Å². The van der Waals surface area contributed by atoms with Gasteiger partial charge in [0.2, 0.25) is 0 Å². The maximum Gasteiger partial charge on any atom is 0.161 e. The van der Waals surface area contributed by atoms with Crippen molar-refractivity contribution in [1.29, 1.82) is 0 Å². The summed E-state index contributed by atoms with van der Waals surface area (Å²) in [7, 11) is 0. The van der Waals surface area contributed by atoms with Crippen molar-refractivity contribution in [1.82, 2.24) is 0 Å². The van der Waals surface area contributed by atoms with E-state index >= 15 is 0 Å². The Balaban J connectivity index is 1.48. The Hall–Kier alpha value is -0.350. The van der Waals surface area contributed by atoms with Crippen LogP contribution in [0.5, 0.6) is 0 Å². The van der Waals surface area contributed by atoms with Gasteiger partial charge in [0.15, 0.2) is 5.78 Å². The maximum atomic E-state index is 12.3. The lowest BCUT2D eigenvalue weighted by Crippen LogP contribution is -2.56. The van der Waals surface area contributed by atoms with Crippen molar-refractivity contribution >= 4 is 23.3 Å². The Bertz CT molecular complexity index is 618. The molecule has 0 radical (unpaired) electrons. The number of hydrogen-bond donors (Lipinski definition) is 1. The molecule has 25 heavy (non-hydrogen) atoms. The van der Waals surface area contributed by atoms with Gasteiger partial charge >= 0.3 is 0 Å². The second-order valence-corrected chi connectivity index (χ2v) is 11.1. The van der Waals surface area contributed by atoms with Crippen LogP contribution >= 0.6 is 11.8 Å². The molecule has 1 saturated heterocycles. The average molecular weight is 363 g/mol. The fourth-order valence-corrected chi connectivity index (χ4v) is 10.3. The standard InChI is InChI=1S/C21H30O3S/c1-20-6-5-15-13(14(20)2-3-16(20)18(24)10-22)9-19-17-8-12(23)4-7-21(15,17)11-25-19/h13-17,19,22H,2-11H2,1H3/t13?,14?,15?,16?,17?,19-,20+,21+/m1/s1. The number of carbonyl (C=O) groups is 2. The van der Waals surface area contributed by atoms with E-state index in [-0.39, 0.29) is 23.7 Å². The van der Waals surface area contributed by atoms with Crippen LogP contribution in [-0.2, 0) is 9.59 Å². The Morgan fingerprint density at radius 3 is 2.84 bits per heavy atom. The van der Waals surface area contributed by atoms with Gasteiger partial charge in [-0.2, -0.15) is 11.8 Å². The van der Waals surface area contributed by atoms with Crippen LogP contribution in [0.4, 0.5) is 0 Å². The predicted octanol–water partition coefficient (Wildman–Crippen LogP) is 3.48. The molecular formula is C21H30O3S. The molecule has 0 aromatic carbocycles. The minimum absolute atomic E-state index is 0.0795. The number of aliphatic hydroxyl groups excluding tert-OH is 1. The summed E-state index contributed by atoms with van der Waals surface area (Å²) in [6, 6.07) is 0. The van der Waals surface area contributed by atoms with Crippen molar-refractivity contribution in [2.75, 3.05) is 12.4 Å². The monoisotopic (exact) mass is 362 g/mol. The van der Waals surface area contributed by atoms with Crippen molar-refractivity contribution in [2.24, 2.45) is 40.4 Å². The van der Waals surface area contributed by atoms with E-state index in [2.05, 4.69) is 18.7 Å². The molecule has 1 aliphatic heterocycles. The summed E-state index contributed by atoms with van der Waals surface area (Å²) in [6.45, 7) is 2.07. The predicted molar refractivity (Wildman–Crippen MR) is 98.3 cm³/mol. The molecule has 4 heteroatoms. The molecule has 4 aliphatic carbocycles. The molecule has 0 spiro atoms. The first-order chi connectivity index (χ1) is 12.0. The molecule has 4 saturated carbocycles. The van der Waals surface area contributed by atoms with E-state index in [1.807, 2.05) is 0 Å². The van der Waals surface area contributed by atoms with E-state index < -0.39 is 0 Å². The van der Waals surface area contributed by atoms with Gasteiger partial charge in [-0.3, -0.25) is 9.59 Å². The molecular weight excluding hydrogens is 332 g/mol. The third kappa shape index (κ3) is 2.10. The zero-order valence-corrected chi connectivity index (χ0v) is 16.0. The van der Waals surface area contributed by atoms with E-state index in [1.54, 1.807) is 0 Å². The fourth-order valence-electron chi connectivity index (χ4n) is 8.20. The molecule has 5 fully saturated rings. The molecule has 5 rings (SSSR count). The molecule has 1 heterocycles. The molecule has 5 aliphatic rings. The summed E-state index contributed by atoms with van der Waals surface area (Å²) in [5.41, 5.74) is 0.533. The van der Waals surface area contributed by atoms with Gasteiger partial charge < -0.3 is 5.11 Å². The van der Waals surface area contributed by atoms with Gasteiger partial charge in [0.25, 0.3) is 0 Å². The number of ketones is 2. The third-order valence-electron chi connectivity index (χ3n) is 9.29. The molecule has 0 amide bonds. The van der Waals surface area contributed by atoms with E-state index in [0.717, 1.165) is 43.9 Å². The first-order valence-corrected chi connectivity index (χ1v) is 11.3. The van der Waals surface area contributed by atoms with Gasteiger partial charge in [0, 0.05) is 24.0 Å². The highest BCUT2D eigenvalue weighted by atomic mass is 32.2. The highest BCUT2D eigenvalue weighted by Gasteiger charge is 2.66. The van der Waals surface area contributed by atoms with E-state index in [1.165, 1.54) is 25.0 Å². The van der Waals surface area contributed by atoms with Gasteiger partial charge in [0.05, 0.1) is 0 Å². The van der Waals surface area contributed by atoms with Crippen LogP contribution in [0.3, 0.4) is 0 Å². The summed E-state index contributed by atoms with van der Waals surface area (Å²) < 4.78 is 0. The smallest absolute Gasteiger partial charge is 0.161 e. The molecule has 0 aromatic heterocycles. The number of aliphatic hydroxyl groups is 1. The zero-order valence-electron chi connectivity index (χ0n) is 15.2. The lowest BCUT2D eigenvalue weighted by atomic mass is 9.44. The summed E-state index contributed by atoms with van der Waals surface area (Å²) in [5, 5.41) is 10.1. The van der Waals surface area contributed by atoms with Gasteiger partial charge in [-0.05, 0) is 78.8 Å². The second kappa shape index (κ2) is 5.58. The van der Waals surface area contributed by atoms with Crippen LogP contribution in [0.15, 0.2) is 0 Å². The average Bonchev–Trinajstić information content (AvgIpc) is 3.08. The molecule has 3 nitrogen and oxygen atoms in total. The lowest BCUT2D eigenvalue weighted by molar-refractivity contribution is -0.141. The number of rotatable bonds is 2. The van der Waals surface area contributed by atoms with Gasteiger partial charge in [-0.15, -0.1) is 0 Å². The van der Waals surface area contributed by atoms with Crippen molar-refractivity contribution in [3.63, 3.8) is 0 Å². The molecule has 2 bridgehead atoms. The topological polar surface area (TPSA) is 54.4 Å². The highest BCUT2D eigenvalue weighted by Crippen LogP contribution is 2.71. The minimum Gasteiger partial charge on any atom is -0.389 e. The van der Waals surface area contributed by atoms with E-state index in [0.29, 0.717) is 28.3 Å². The number of Topliss-reactive ketones (excluding diaryl/α,β-unsaturated/α-hetero) is 2. The SMILES string of the molecule is C[C@]12CCC3C(C[C@H]4SC[C@@]35CCC(=O)CC45)C1CCC2C(=O)CO. The van der Waals surface area contributed by atoms with Crippen LogP contribution in [0.2, 0.25) is 0 Å². The van der Waals surface area contributed by atoms with E-state index in [9.17, 15) is 14.7 Å². The van der Waals surface area contributed by atoms with Crippen molar-refractivity contribution in [3.05, 3.63) is 0 Å². The second-order valence-electron chi connectivity index (χ2n) is 9.84. The number of fused-ring (bicyclic) bond motifs is 3. The first-order valence-electron chi connectivity index (χ1n) is 10.3. The number of hydrogen-bond acceptors (Lipinski definition) is 4. The minimum atomic E-state index is -0.284. The lowest BCUT2D eigenvalue weighted by Gasteiger charge is -2.59. The molecule has 0 aromatic rings. The maximum absolute atomic E-state index is 12.3. The quantitative estimate of drug-likeness (QED) is 0.817. The van der Waals surface area contributed by atoms with Crippen LogP contribution in [0, 0.1) is 40.4 Å². The fraction of sp³-hybridized carbons (Fsp3) is 0.905. The molecule has 8 atom stereocenters. The van der Waals surface area contributed by atoms with Crippen molar-refractivity contribution in [3.8, 4) is 0 Å². The highest BCUT2D eigenvalue weighted by molar-refractivity contribution is 8.00. The largest absolute Gasteiger partial charge is 0.389 e. The van der Waals surface area contributed by atoms with Crippen LogP contribution in [0.25, 0.3) is 0 Å². The first kappa shape index (κ1) is 16.8. The van der Waals surface area contributed by atoms with Gasteiger partial charge in [0.1, 0.15) is 12.4 Å². The summed E-state index contributed by atoms with van der Waals surface area (Å²) in [5.74, 6) is 4.76. The Labute approximate surface area is 154 Å². The van der Waals surface area contributed by atoms with Crippen LogP contribution in [0.1, 0.15) is 58.3 Å². The molecule has 138 valence electrons. The summed E-state index contributed by atoms with van der Waals surface area (Å²) in [6.07, 6.45) is 8.59. The zero-order chi connectivity index (χ0) is 17.4. The Kier molecular flexibility index (Phi) is 3.75. The van der Waals surface area contributed by atoms with Gasteiger partial charge in [-0.1, -0.05) is 6.92 Å². The van der Waals surface area contributed by atoms with Gasteiger partial charge in [-0.25, -0.2) is 0 Å². The Morgan fingerprint density at radius 1 is 1.20 bits per heavy atom. The molecule has 1 N–H and O–H groups in total. The molecule has 5 unspecified atom stereocenters. The van der Waals surface area contributed by atoms with E-state index in [4.69, 9.17) is 0 Å². The van der Waals surface area contributed by atoms with Crippen molar-refractivity contribution in [2.45, 2.75) is 63.5 Å². The third-order valence-corrected chi connectivity index (χ3v) is 10.9. The van der Waals surface area contributed by atoms with Crippen molar-refractivity contribution < 1.29 is 14.7 Å². The van der Waals surface area contributed by atoms with Crippen LogP contribution < -0.4 is 0 Å². The number of carbonyl (C=O) groups excluding carboxylic acids is 2. The summed E-state index contributed by atoms with van der Waals surface area (Å²) in [4.78, 5) is 24.5. The Morgan fingerprint density at radius 2 is 2.04 bits per heavy atom. The normalized spacial score (nSPS) is 53.9. The summed E-state index contributed by atoms with van der Waals surface area (Å²) >= 11 is 2.16. The number of thioether (sulfide) groups is 1.